The number of carbonyl (C=O) groups is 3. The molecule has 0 saturated carbocycles. The Hall–Kier alpha value is -2.68. The van der Waals surface area contributed by atoms with Gasteiger partial charge in [0.25, 0.3) is 17.7 Å². The maximum Gasteiger partial charge on any atom is 0.283 e. The maximum atomic E-state index is 12.9. The van der Waals surface area contributed by atoms with E-state index < -0.39 is 11.8 Å². The van der Waals surface area contributed by atoms with Crippen LogP contribution in [0.3, 0.4) is 0 Å². The fraction of sp³-hybridized carbons (Fsp3) is 0.190. The molecule has 2 aliphatic rings. The van der Waals surface area contributed by atoms with Crippen molar-refractivity contribution in [3.05, 3.63) is 69.3 Å². The van der Waals surface area contributed by atoms with Crippen molar-refractivity contribution in [3.8, 4) is 0 Å². The monoisotopic (exact) mass is 489 g/mol. The molecule has 0 radical (unpaired) electrons. The van der Waals surface area contributed by atoms with Crippen LogP contribution in [0.1, 0.15) is 10.4 Å². The first-order valence-corrected chi connectivity index (χ1v) is 10.4. The first-order valence-electron chi connectivity index (χ1n) is 9.24. The average molecular weight is 491 g/mol. The Morgan fingerprint density at radius 2 is 1.73 bits per heavy atom. The normalized spacial score (nSPS) is 17.0. The molecule has 9 heteroatoms. The number of amides is 3. The average Bonchev–Trinajstić information content (AvgIpc) is 2.98. The Labute approximate surface area is 186 Å². The molecule has 0 atom stereocenters. The Bertz CT molecular complexity index is 1050. The fourth-order valence-corrected chi connectivity index (χ4v) is 3.74. The molecule has 0 aromatic heterocycles. The highest BCUT2D eigenvalue weighted by Gasteiger charge is 2.39. The molecule has 1 saturated heterocycles. The lowest BCUT2D eigenvalue weighted by molar-refractivity contribution is -0.120. The maximum absolute atomic E-state index is 12.9. The van der Waals surface area contributed by atoms with Crippen LogP contribution < -0.4 is 10.2 Å². The molecule has 0 aliphatic carbocycles. The summed E-state index contributed by atoms with van der Waals surface area (Å²) in [6.07, 6.45) is 0. The van der Waals surface area contributed by atoms with Crippen molar-refractivity contribution in [1.82, 2.24) is 4.90 Å². The SMILES string of the molecule is O=C(c1cccc(NC2=C(Cl)C(=O)N(c3ccc(Br)cc3)C2=O)c1)N1CCOCC1. The molecular formula is C21H17BrClN3O4. The lowest BCUT2D eigenvalue weighted by atomic mass is 10.1. The quantitative estimate of drug-likeness (QED) is 0.665. The van der Waals surface area contributed by atoms with Crippen LogP contribution in [0.15, 0.2) is 63.7 Å². The number of benzene rings is 2. The van der Waals surface area contributed by atoms with Crippen LogP contribution >= 0.6 is 27.5 Å². The number of imide groups is 1. The first-order chi connectivity index (χ1) is 14.5. The second-order valence-corrected chi connectivity index (χ2v) is 8.02. The van der Waals surface area contributed by atoms with Crippen LogP contribution in [0.2, 0.25) is 0 Å². The Kier molecular flexibility index (Phi) is 5.90. The van der Waals surface area contributed by atoms with Crippen LogP contribution in [-0.4, -0.2) is 48.9 Å². The molecule has 4 rings (SSSR count). The van der Waals surface area contributed by atoms with E-state index in [4.69, 9.17) is 16.3 Å². The van der Waals surface area contributed by atoms with E-state index in [0.29, 0.717) is 43.2 Å². The summed E-state index contributed by atoms with van der Waals surface area (Å²) in [5.74, 6) is -1.28. The molecule has 0 spiro atoms. The number of hydrogen-bond acceptors (Lipinski definition) is 5. The van der Waals surface area contributed by atoms with Gasteiger partial charge in [-0.2, -0.15) is 0 Å². The summed E-state index contributed by atoms with van der Waals surface area (Å²) in [5.41, 5.74) is 1.35. The number of rotatable bonds is 4. The van der Waals surface area contributed by atoms with Crippen molar-refractivity contribution in [3.63, 3.8) is 0 Å². The minimum absolute atomic E-state index is 0.0273. The molecule has 0 unspecified atom stereocenters. The summed E-state index contributed by atoms with van der Waals surface area (Å²) in [5, 5.41) is 2.71. The van der Waals surface area contributed by atoms with E-state index in [0.717, 1.165) is 9.37 Å². The van der Waals surface area contributed by atoms with E-state index in [9.17, 15) is 14.4 Å². The number of carbonyl (C=O) groups excluding carboxylic acids is 3. The zero-order chi connectivity index (χ0) is 21.3. The van der Waals surface area contributed by atoms with Gasteiger partial charge in [-0.1, -0.05) is 33.6 Å². The van der Waals surface area contributed by atoms with E-state index in [1.54, 1.807) is 53.4 Å². The number of anilines is 2. The van der Waals surface area contributed by atoms with E-state index in [-0.39, 0.29) is 16.6 Å². The van der Waals surface area contributed by atoms with E-state index in [1.807, 2.05) is 0 Å². The largest absolute Gasteiger partial charge is 0.378 e. The molecule has 30 heavy (non-hydrogen) atoms. The lowest BCUT2D eigenvalue weighted by Crippen LogP contribution is -2.40. The highest BCUT2D eigenvalue weighted by Crippen LogP contribution is 2.31. The van der Waals surface area contributed by atoms with Gasteiger partial charge in [0.15, 0.2) is 0 Å². The van der Waals surface area contributed by atoms with E-state index in [1.165, 1.54) is 0 Å². The molecule has 3 amide bonds. The second kappa shape index (κ2) is 8.59. The van der Waals surface area contributed by atoms with Gasteiger partial charge in [0, 0.05) is 28.8 Å². The summed E-state index contributed by atoms with van der Waals surface area (Å²) in [7, 11) is 0. The standard InChI is InChI=1S/C21H17BrClN3O4/c22-14-4-6-16(7-5-14)26-20(28)17(23)18(21(26)29)24-15-3-1-2-13(12-15)19(27)25-8-10-30-11-9-25/h1-7,12,24H,8-11H2. The number of morpholine rings is 1. The van der Waals surface area contributed by atoms with Crippen molar-refractivity contribution in [2.24, 2.45) is 0 Å². The second-order valence-electron chi connectivity index (χ2n) is 6.72. The van der Waals surface area contributed by atoms with Gasteiger partial charge in [-0.25, -0.2) is 4.90 Å². The van der Waals surface area contributed by atoms with E-state index >= 15 is 0 Å². The number of ether oxygens (including phenoxy) is 1. The molecule has 2 heterocycles. The van der Waals surface area contributed by atoms with Gasteiger partial charge >= 0.3 is 0 Å². The number of nitrogens with zero attached hydrogens (tertiary/aromatic N) is 2. The smallest absolute Gasteiger partial charge is 0.283 e. The summed E-state index contributed by atoms with van der Waals surface area (Å²) < 4.78 is 6.10. The molecule has 2 aromatic carbocycles. The van der Waals surface area contributed by atoms with Crippen LogP contribution in [0.25, 0.3) is 0 Å². The van der Waals surface area contributed by atoms with Gasteiger partial charge in [-0.3, -0.25) is 14.4 Å². The zero-order valence-corrected chi connectivity index (χ0v) is 18.1. The molecule has 2 aromatic rings. The summed E-state index contributed by atoms with van der Waals surface area (Å²) in [4.78, 5) is 40.9. The van der Waals surface area contributed by atoms with Crippen molar-refractivity contribution in [2.75, 3.05) is 36.5 Å². The molecule has 1 fully saturated rings. The first kappa shape index (κ1) is 20.6. The lowest BCUT2D eigenvalue weighted by Gasteiger charge is -2.27. The van der Waals surface area contributed by atoms with Gasteiger partial charge < -0.3 is 15.0 Å². The van der Waals surface area contributed by atoms with Gasteiger partial charge in [0.1, 0.15) is 10.7 Å². The number of halogens is 2. The highest BCUT2D eigenvalue weighted by atomic mass is 79.9. The van der Waals surface area contributed by atoms with Crippen LogP contribution in [-0.2, 0) is 14.3 Å². The van der Waals surface area contributed by atoms with Crippen LogP contribution in [0.5, 0.6) is 0 Å². The van der Waals surface area contributed by atoms with Crippen molar-refractivity contribution >= 4 is 56.6 Å². The number of hydrogen-bond donors (Lipinski definition) is 1. The zero-order valence-electron chi connectivity index (χ0n) is 15.7. The van der Waals surface area contributed by atoms with Gasteiger partial charge in [-0.05, 0) is 42.5 Å². The minimum Gasteiger partial charge on any atom is -0.378 e. The summed E-state index contributed by atoms with van der Waals surface area (Å²) in [6.45, 7) is 2.08. The topological polar surface area (TPSA) is 79.0 Å². The Morgan fingerprint density at radius 1 is 1.03 bits per heavy atom. The Morgan fingerprint density at radius 3 is 2.43 bits per heavy atom. The predicted octanol–water partition coefficient (Wildman–Crippen LogP) is 3.36. The third-order valence-electron chi connectivity index (χ3n) is 4.79. The predicted molar refractivity (Wildman–Crippen MR) is 116 cm³/mol. The summed E-state index contributed by atoms with van der Waals surface area (Å²) >= 11 is 9.50. The van der Waals surface area contributed by atoms with Gasteiger partial charge in [0.2, 0.25) is 0 Å². The van der Waals surface area contributed by atoms with E-state index in [2.05, 4.69) is 21.2 Å². The third-order valence-corrected chi connectivity index (χ3v) is 5.67. The molecular weight excluding hydrogens is 474 g/mol. The van der Waals surface area contributed by atoms with Crippen molar-refractivity contribution < 1.29 is 19.1 Å². The fourth-order valence-electron chi connectivity index (χ4n) is 3.26. The van der Waals surface area contributed by atoms with Crippen LogP contribution in [0, 0.1) is 0 Å². The minimum atomic E-state index is -0.605. The highest BCUT2D eigenvalue weighted by molar-refractivity contribution is 9.10. The van der Waals surface area contributed by atoms with Crippen LogP contribution in [0.4, 0.5) is 11.4 Å². The Balaban J connectivity index is 1.55. The third kappa shape index (κ3) is 3.98. The molecule has 2 aliphatic heterocycles. The van der Waals surface area contributed by atoms with Gasteiger partial charge in [0.05, 0.1) is 18.9 Å². The van der Waals surface area contributed by atoms with Gasteiger partial charge in [-0.15, -0.1) is 0 Å². The molecule has 154 valence electrons. The summed E-state index contributed by atoms with van der Waals surface area (Å²) in [6, 6.07) is 13.5. The molecule has 7 nitrogen and oxygen atoms in total. The molecule has 0 bridgehead atoms. The number of nitrogens with one attached hydrogen (secondary N) is 1. The molecule has 1 N–H and O–H groups in total. The van der Waals surface area contributed by atoms with Crippen molar-refractivity contribution in [1.29, 1.82) is 0 Å². The van der Waals surface area contributed by atoms with Crippen molar-refractivity contribution in [2.45, 2.75) is 0 Å².